The van der Waals surface area contributed by atoms with Gasteiger partial charge in [0.1, 0.15) is 29.6 Å². The minimum absolute atomic E-state index is 0. The molecular weight excluding hydrogens is 675 g/mol. The number of hydrazine groups is 1. The zero-order chi connectivity index (χ0) is 36.4. The van der Waals surface area contributed by atoms with E-state index in [0.29, 0.717) is 18.2 Å². The lowest BCUT2D eigenvalue weighted by atomic mass is 9.97. The number of anilines is 1. The number of hydrogen-bond acceptors (Lipinski definition) is 9. The van der Waals surface area contributed by atoms with E-state index < -0.39 is 18.0 Å². The predicted molar refractivity (Wildman–Crippen MR) is 201 cm³/mol. The Bertz CT molecular complexity index is 1780. The number of rotatable bonds is 11. The minimum Gasteiger partial charge on any atom is -0.508 e. The molecule has 0 bridgehead atoms. The van der Waals surface area contributed by atoms with Crippen molar-refractivity contribution in [2.24, 2.45) is 0 Å². The maximum Gasteiger partial charge on any atom is 0.246 e. The maximum atomic E-state index is 15.2. The van der Waals surface area contributed by atoms with Gasteiger partial charge >= 0.3 is 0 Å². The van der Waals surface area contributed by atoms with Crippen molar-refractivity contribution in [1.29, 1.82) is 0 Å². The van der Waals surface area contributed by atoms with E-state index in [9.17, 15) is 19.5 Å². The molecule has 4 aliphatic heterocycles. The molecule has 0 aliphatic carbocycles. The van der Waals surface area contributed by atoms with Crippen LogP contribution in [0, 0.1) is 5.82 Å². The third-order valence-corrected chi connectivity index (χ3v) is 10.7. The van der Waals surface area contributed by atoms with E-state index in [1.807, 2.05) is 48.5 Å². The SMILES string of the molecule is C.C=CCN1CC(=O)N2C(CN(Cc3cccc(N4CC(N5CCN(C)CC5)C4)n3)C(=O)[C@@H]2Cc2ccc(O)cc2F)N1C(=O)CCc1ccccc1. The Morgan fingerprint density at radius 3 is 2.47 bits per heavy atom. The first-order valence-corrected chi connectivity index (χ1v) is 18.1. The Labute approximate surface area is 311 Å². The standard InChI is InChI=1S/C39H47FN8O4.CH4/c1-3-16-46-27-38(51)47-34(21-29-13-14-32(49)22-33(29)40)39(52)45(26-36(47)48(46)37(50)15-12-28-8-5-4-6-9-28)23-30-10-7-11-35(41-30)44-24-31(25-44)43-19-17-42(2)18-20-43;/h3-11,13-14,22,31,34,36,49H,1,12,15-21,23-27H2,2H3;1H4/t34-,36?;/m0./s1. The Kier molecular flexibility index (Phi) is 11.8. The Hall–Kier alpha value is -4.85. The monoisotopic (exact) mass is 726 g/mol. The number of amides is 3. The average molecular weight is 727 g/mol. The molecule has 13 heteroatoms. The minimum atomic E-state index is -1.08. The summed E-state index contributed by atoms with van der Waals surface area (Å²) in [6, 6.07) is 18.7. The summed E-state index contributed by atoms with van der Waals surface area (Å²) in [4.78, 5) is 57.7. The summed E-state index contributed by atoms with van der Waals surface area (Å²) in [6.07, 6.45) is 1.40. The van der Waals surface area contributed by atoms with Crippen LogP contribution in [0.15, 0.2) is 79.4 Å². The second kappa shape index (κ2) is 16.4. The lowest BCUT2D eigenvalue weighted by Gasteiger charge is -2.55. The van der Waals surface area contributed by atoms with Crippen LogP contribution in [-0.2, 0) is 33.8 Å². The fourth-order valence-electron chi connectivity index (χ4n) is 7.81. The van der Waals surface area contributed by atoms with Crippen molar-refractivity contribution in [2.45, 2.75) is 51.5 Å². The molecule has 3 amide bonds. The van der Waals surface area contributed by atoms with Crippen molar-refractivity contribution in [1.82, 2.24) is 34.6 Å². The molecule has 0 radical (unpaired) electrons. The summed E-state index contributed by atoms with van der Waals surface area (Å²) in [5, 5.41) is 13.2. The topological polar surface area (TPSA) is 107 Å². The first-order valence-electron chi connectivity index (χ1n) is 18.1. The van der Waals surface area contributed by atoms with E-state index >= 15 is 4.39 Å². The molecule has 2 aromatic carbocycles. The maximum absolute atomic E-state index is 15.2. The van der Waals surface area contributed by atoms with Crippen molar-refractivity contribution >= 4 is 23.5 Å². The number of benzene rings is 2. The number of pyridine rings is 1. The van der Waals surface area contributed by atoms with E-state index in [1.54, 1.807) is 21.0 Å². The lowest BCUT2D eigenvalue weighted by molar-refractivity contribution is -0.205. The summed E-state index contributed by atoms with van der Waals surface area (Å²) < 4.78 is 15.2. The Morgan fingerprint density at radius 1 is 1.00 bits per heavy atom. The number of halogens is 1. The number of aromatic hydroxyl groups is 1. The van der Waals surface area contributed by atoms with Crippen LogP contribution in [0.4, 0.5) is 10.2 Å². The zero-order valence-corrected chi connectivity index (χ0v) is 29.7. The molecular formula is C40H51FN8O4. The quantitative estimate of drug-likeness (QED) is 0.299. The third-order valence-electron chi connectivity index (χ3n) is 10.7. The number of aromatic nitrogens is 1. The predicted octanol–water partition coefficient (Wildman–Crippen LogP) is 2.98. The normalized spacial score (nSPS) is 21.6. The van der Waals surface area contributed by atoms with Gasteiger partial charge in [0.25, 0.3) is 0 Å². The van der Waals surface area contributed by atoms with Crippen LogP contribution in [0.3, 0.4) is 0 Å². The van der Waals surface area contributed by atoms with Gasteiger partial charge < -0.3 is 24.7 Å². The number of piperazine rings is 2. The highest BCUT2D eigenvalue weighted by atomic mass is 19.1. The summed E-state index contributed by atoms with van der Waals surface area (Å²) in [7, 11) is 2.16. The second-order valence-corrected chi connectivity index (χ2v) is 14.2. The summed E-state index contributed by atoms with van der Waals surface area (Å²) in [5.41, 5.74) is 1.89. The number of aryl methyl sites for hydroxylation is 1. The van der Waals surface area contributed by atoms with E-state index in [1.165, 1.54) is 17.0 Å². The number of carbonyl (C=O) groups excluding carboxylic acids is 3. The van der Waals surface area contributed by atoms with Gasteiger partial charge in [-0.05, 0) is 42.8 Å². The van der Waals surface area contributed by atoms with Crippen molar-refractivity contribution in [3.05, 3.63) is 102 Å². The number of phenols is 1. The number of likely N-dealkylation sites (N-methyl/N-ethyl adjacent to an activating group) is 1. The number of carbonyl (C=O) groups is 3. The molecule has 1 N–H and O–H groups in total. The molecule has 282 valence electrons. The second-order valence-electron chi connectivity index (χ2n) is 14.2. The summed E-state index contributed by atoms with van der Waals surface area (Å²) in [5.74, 6) is -0.928. The molecule has 5 heterocycles. The Morgan fingerprint density at radius 2 is 1.75 bits per heavy atom. The van der Waals surface area contributed by atoms with Crippen LogP contribution in [-0.4, -0.2) is 142 Å². The molecule has 3 aromatic rings. The number of nitrogens with zero attached hydrogens (tertiary/aromatic N) is 8. The third kappa shape index (κ3) is 8.22. The molecule has 4 fully saturated rings. The molecule has 2 atom stereocenters. The van der Waals surface area contributed by atoms with Crippen molar-refractivity contribution in [2.75, 3.05) is 70.9 Å². The average Bonchev–Trinajstić information content (AvgIpc) is 3.11. The van der Waals surface area contributed by atoms with Crippen LogP contribution in [0.1, 0.15) is 30.7 Å². The smallest absolute Gasteiger partial charge is 0.246 e. The molecule has 53 heavy (non-hydrogen) atoms. The molecule has 1 unspecified atom stereocenters. The molecule has 7 rings (SSSR count). The molecule has 0 spiro atoms. The number of hydrogen-bond donors (Lipinski definition) is 1. The Balaban J connectivity index is 0.00000481. The van der Waals surface area contributed by atoms with Gasteiger partial charge in [0.05, 0.1) is 25.3 Å². The van der Waals surface area contributed by atoms with E-state index in [0.717, 1.165) is 56.7 Å². The largest absolute Gasteiger partial charge is 0.508 e. The number of phenolic OH excluding ortho intramolecular Hbond substituents is 1. The molecule has 12 nitrogen and oxygen atoms in total. The molecule has 4 saturated heterocycles. The van der Waals surface area contributed by atoms with Gasteiger partial charge in [-0.25, -0.2) is 19.4 Å². The first kappa shape index (κ1) is 37.9. The van der Waals surface area contributed by atoms with Gasteiger partial charge in [-0.15, -0.1) is 6.58 Å². The van der Waals surface area contributed by atoms with Crippen LogP contribution in [0.5, 0.6) is 5.75 Å². The van der Waals surface area contributed by atoms with Gasteiger partial charge in [0, 0.05) is 70.8 Å². The van der Waals surface area contributed by atoms with Crippen molar-refractivity contribution < 1.29 is 23.9 Å². The highest BCUT2D eigenvalue weighted by molar-refractivity contribution is 5.92. The van der Waals surface area contributed by atoms with E-state index in [4.69, 9.17) is 4.98 Å². The van der Waals surface area contributed by atoms with Crippen LogP contribution >= 0.6 is 0 Å². The first-order chi connectivity index (χ1) is 25.2. The van der Waals surface area contributed by atoms with Gasteiger partial charge in [-0.2, -0.15) is 0 Å². The van der Waals surface area contributed by atoms with E-state index in [2.05, 4.69) is 28.3 Å². The van der Waals surface area contributed by atoms with E-state index in [-0.39, 0.29) is 75.5 Å². The lowest BCUT2D eigenvalue weighted by Crippen LogP contribution is -2.76. The number of fused-ring (bicyclic) bond motifs is 1. The van der Waals surface area contributed by atoms with Crippen LogP contribution in [0.25, 0.3) is 0 Å². The zero-order valence-electron chi connectivity index (χ0n) is 29.7. The highest BCUT2D eigenvalue weighted by Gasteiger charge is 2.51. The van der Waals surface area contributed by atoms with Crippen molar-refractivity contribution in [3.63, 3.8) is 0 Å². The van der Waals surface area contributed by atoms with Gasteiger partial charge in [-0.3, -0.25) is 19.3 Å². The van der Waals surface area contributed by atoms with Crippen LogP contribution < -0.4 is 4.90 Å². The van der Waals surface area contributed by atoms with Crippen molar-refractivity contribution in [3.8, 4) is 5.75 Å². The van der Waals surface area contributed by atoms with Gasteiger partial charge in [0.2, 0.25) is 17.7 Å². The van der Waals surface area contributed by atoms with Gasteiger partial charge in [-0.1, -0.05) is 56.0 Å². The van der Waals surface area contributed by atoms with Crippen LogP contribution in [0.2, 0.25) is 0 Å². The molecule has 1 aromatic heterocycles. The highest BCUT2D eigenvalue weighted by Crippen LogP contribution is 2.31. The molecule has 0 saturated carbocycles. The molecule has 4 aliphatic rings. The fourth-order valence-corrected chi connectivity index (χ4v) is 7.81. The van der Waals surface area contributed by atoms with Gasteiger partial charge in [0.15, 0.2) is 0 Å². The summed E-state index contributed by atoms with van der Waals surface area (Å²) >= 11 is 0. The summed E-state index contributed by atoms with van der Waals surface area (Å²) in [6.45, 7) is 10.2. The fraction of sp³-hybridized carbons (Fsp3) is 0.450.